The smallest absolute Gasteiger partial charge is 0.315 e. The fourth-order valence-corrected chi connectivity index (χ4v) is 2.32. The molecule has 1 aliphatic rings. The summed E-state index contributed by atoms with van der Waals surface area (Å²) < 4.78 is 24.6. The minimum Gasteiger partial charge on any atom is -0.569 e. The molecule has 7 nitrogen and oxygen atoms in total. The summed E-state index contributed by atoms with van der Waals surface area (Å²) in [6, 6.07) is 0. The molecule has 0 bridgehead atoms. The Morgan fingerprint density at radius 3 is 2.41 bits per heavy atom. The Labute approximate surface area is 129 Å². The van der Waals surface area contributed by atoms with E-state index in [1.54, 1.807) is 0 Å². The van der Waals surface area contributed by atoms with E-state index in [0.29, 0.717) is 24.4 Å². The van der Waals surface area contributed by atoms with Crippen LogP contribution in [0.3, 0.4) is 0 Å². The van der Waals surface area contributed by atoms with E-state index in [1.807, 2.05) is 27.7 Å². The van der Waals surface area contributed by atoms with Gasteiger partial charge in [-0.05, 0) is 27.7 Å². The highest BCUT2D eigenvalue weighted by atomic mass is 19.3. The second-order valence-electron chi connectivity index (χ2n) is 6.15. The molecule has 0 radical (unpaired) electrons. The molecule has 9 heteroatoms. The van der Waals surface area contributed by atoms with E-state index >= 15 is 0 Å². The minimum absolute atomic E-state index is 0.180. The van der Waals surface area contributed by atoms with E-state index in [-0.39, 0.29) is 19.2 Å². The standard InChI is InChI=1S/C13H24F2N4O3/c1-5-18(13(2,3)4)19(21)16-22-10-6-8-17(9-7-10)12(20)11(14)15/h10-11H,5-9H2,1-4H3/b19-16-. The molecule has 0 saturated carbocycles. The molecule has 1 saturated heterocycles. The molecule has 0 atom stereocenters. The molecule has 0 aromatic heterocycles. The van der Waals surface area contributed by atoms with Crippen LogP contribution in [0.25, 0.3) is 0 Å². The van der Waals surface area contributed by atoms with Gasteiger partial charge in [0.15, 0.2) is 0 Å². The third-order valence-corrected chi connectivity index (χ3v) is 3.49. The van der Waals surface area contributed by atoms with Crippen LogP contribution in [0.4, 0.5) is 8.78 Å². The zero-order valence-corrected chi connectivity index (χ0v) is 13.5. The molecule has 1 amide bonds. The van der Waals surface area contributed by atoms with Crippen molar-refractivity contribution in [3.05, 3.63) is 5.21 Å². The summed E-state index contributed by atoms with van der Waals surface area (Å²) in [5, 5.41) is 16.9. The zero-order valence-electron chi connectivity index (χ0n) is 13.5. The molecule has 0 N–H and O–H groups in total. The molecule has 128 valence electrons. The molecular weight excluding hydrogens is 298 g/mol. The SMILES string of the molecule is CCN(/[N+]([O-])=N/OC1CCN(C(=O)C(F)F)CC1)C(C)(C)C. The van der Waals surface area contributed by atoms with Gasteiger partial charge in [0.25, 0.3) is 5.91 Å². The number of amides is 1. The lowest BCUT2D eigenvalue weighted by Crippen LogP contribution is -2.46. The van der Waals surface area contributed by atoms with Crippen LogP contribution in [-0.4, -0.2) is 58.5 Å². The molecule has 22 heavy (non-hydrogen) atoms. The second kappa shape index (κ2) is 7.55. The van der Waals surface area contributed by atoms with E-state index < -0.39 is 17.9 Å². The molecule has 0 aromatic carbocycles. The van der Waals surface area contributed by atoms with Crippen molar-refractivity contribution in [2.45, 2.75) is 58.6 Å². The summed E-state index contributed by atoms with van der Waals surface area (Å²) in [7, 11) is 0. The number of piperidine rings is 1. The van der Waals surface area contributed by atoms with E-state index in [4.69, 9.17) is 4.84 Å². The van der Waals surface area contributed by atoms with Crippen molar-refractivity contribution >= 4 is 5.91 Å². The maximum atomic E-state index is 12.3. The van der Waals surface area contributed by atoms with Crippen LogP contribution in [-0.2, 0) is 9.63 Å². The van der Waals surface area contributed by atoms with Gasteiger partial charge in [-0.15, -0.1) is 5.01 Å². The predicted molar refractivity (Wildman–Crippen MR) is 74.9 cm³/mol. The molecule has 0 aliphatic carbocycles. The summed E-state index contributed by atoms with van der Waals surface area (Å²) in [4.78, 5) is 17.9. The number of hydrogen-bond acceptors (Lipinski definition) is 4. The Morgan fingerprint density at radius 2 is 2.00 bits per heavy atom. The maximum absolute atomic E-state index is 12.3. The van der Waals surface area contributed by atoms with Gasteiger partial charge in [0, 0.05) is 25.9 Å². The minimum atomic E-state index is -2.98. The van der Waals surface area contributed by atoms with Crippen LogP contribution in [0.1, 0.15) is 40.5 Å². The van der Waals surface area contributed by atoms with Crippen LogP contribution >= 0.6 is 0 Å². The third kappa shape index (κ3) is 4.96. The Bertz CT molecular complexity index is 405. The van der Waals surface area contributed by atoms with Gasteiger partial charge >= 0.3 is 6.43 Å². The van der Waals surface area contributed by atoms with E-state index in [2.05, 4.69) is 5.28 Å². The first-order chi connectivity index (χ1) is 10.2. The summed E-state index contributed by atoms with van der Waals surface area (Å²) >= 11 is 0. The molecule has 0 spiro atoms. The highest BCUT2D eigenvalue weighted by Gasteiger charge is 2.30. The predicted octanol–water partition coefficient (Wildman–Crippen LogP) is 2.17. The Hall–Kier alpha value is -1.67. The van der Waals surface area contributed by atoms with Gasteiger partial charge < -0.3 is 14.9 Å². The van der Waals surface area contributed by atoms with Crippen molar-refractivity contribution in [1.82, 2.24) is 9.91 Å². The largest absolute Gasteiger partial charge is 0.569 e. The van der Waals surface area contributed by atoms with E-state index in [0.717, 1.165) is 4.90 Å². The normalized spacial score (nSPS) is 17.8. The topological polar surface area (TPSA) is 71.2 Å². The summed E-state index contributed by atoms with van der Waals surface area (Å²) in [6.07, 6.45) is -2.59. The summed E-state index contributed by atoms with van der Waals surface area (Å²) in [5.74, 6) is -1.16. The molecular formula is C13H24F2N4O3. The zero-order chi connectivity index (χ0) is 16.9. The Kier molecular flexibility index (Phi) is 6.31. The van der Waals surface area contributed by atoms with Crippen LogP contribution in [0.15, 0.2) is 5.28 Å². The maximum Gasteiger partial charge on any atom is 0.315 e. The number of hydrogen-bond donors (Lipinski definition) is 0. The van der Waals surface area contributed by atoms with Crippen molar-refractivity contribution < 1.29 is 23.4 Å². The number of carbonyl (C=O) groups is 1. The van der Waals surface area contributed by atoms with E-state index in [1.165, 1.54) is 5.01 Å². The van der Waals surface area contributed by atoms with Crippen molar-refractivity contribution in [2.75, 3.05) is 19.6 Å². The monoisotopic (exact) mass is 322 g/mol. The lowest BCUT2D eigenvalue weighted by Gasteiger charge is -2.31. The first-order valence-corrected chi connectivity index (χ1v) is 7.35. The summed E-state index contributed by atoms with van der Waals surface area (Å²) in [6.45, 7) is 8.31. The lowest BCUT2D eigenvalue weighted by molar-refractivity contribution is -0.725. The number of nitrogens with zero attached hydrogens (tertiary/aromatic N) is 4. The number of carbonyl (C=O) groups excluding carboxylic acids is 1. The average molecular weight is 322 g/mol. The number of hydrazine groups is 1. The van der Waals surface area contributed by atoms with Crippen LogP contribution in [0, 0.1) is 5.21 Å². The fraction of sp³-hybridized carbons (Fsp3) is 0.923. The molecule has 1 rings (SSSR count). The van der Waals surface area contributed by atoms with Crippen molar-refractivity contribution in [2.24, 2.45) is 5.28 Å². The number of likely N-dealkylation sites (tertiary alicyclic amines) is 1. The molecule has 0 aromatic rings. The van der Waals surface area contributed by atoms with Gasteiger partial charge in [0.05, 0.1) is 17.1 Å². The van der Waals surface area contributed by atoms with Crippen LogP contribution < -0.4 is 0 Å². The van der Waals surface area contributed by atoms with Gasteiger partial charge in [-0.25, -0.2) is 0 Å². The highest BCUT2D eigenvalue weighted by molar-refractivity contribution is 5.79. The number of alkyl halides is 2. The van der Waals surface area contributed by atoms with Crippen molar-refractivity contribution in [3.8, 4) is 0 Å². The van der Waals surface area contributed by atoms with Gasteiger partial charge in [-0.2, -0.15) is 8.78 Å². The second-order valence-corrected chi connectivity index (χ2v) is 6.15. The number of halogens is 2. The molecule has 1 aliphatic heterocycles. The van der Waals surface area contributed by atoms with Crippen molar-refractivity contribution in [3.63, 3.8) is 0 Å². The van der Waals surface area contributed by atoms with Gasteiger partial charge in [-0.3, -0.25) is 4.79 Å². The lowest BCUT2D eigenvalue weighted by atomic mass is 10.1. The van der Waals surface area contributed by atoms with Gasteiger partial charge in [0.1, 0.15) is 6.10 Å². The average Bonchev–Trinajstić information content (AvgIpc) is 2.44. The van der Waals surface area contributed by atoms with Crippen LogP contribution in [0.2, 0.25) is 0 Å². The highest BCUT2D eigenvalue weighted by Crippen LogP contribution is 2.17. The van der Waals surface area contributed by atoms with Crippen LogP contribution in [0.5, 0.6) is 0 Å². The molecule has 1 fully saturated rings. The third-order valence-electron chi connectivity index (χ3n) is 3.49. The number of rotatable bonds is 5. The quantitative estimate of drug-likeness (QED) is 0.442. The molecule has 1 heterocycles. The first kappa shape index (κ1) is 18.4. The Morgan fingerprint density at radius 1 is 1.45 bits per heavy atom. The van der Waals surface area contributed by atoms with Gasteiger partial charge in [-0.1, -0.05) is 0 Å². The fourth-order valence-electron chi connectivity index (χ4n) is 2.32. The first-order valence-electron chi connectivity index (χ1n) is 7.35. The molecule has 0 unspecified atom stereocenters. The van der Waals surface area contributed by atoms with Gasteiger partial charge in [0.2, 0.25) is 5.28 Å². The van der Waals surface area contributed by atoms with E-state index in [9.17, 15) is 18.8 Å². The summed E-state index contributed by atoms with van der Waals surface area (Å²) in [5.41, 5.74) is -0.392. The Balaban J connectivity index is 2.50. The van der Waals surface area contributed by atoms with Crippen molar-refractivity contribution in [1.29, 1.82) is 0 Å².